The predicted molar refractivity (Wildman–Crippen MR) is 93.8 cm³/mol. The number of fused-ring (bicyclic) bond motifs is 2. The smallest absolute Gasteiger partial charge is 0.0945 e. The highest BCUT2D eigenvalue weighted by molar-refractivity contribution is 5.45. The summed E-state index contributed by atoms with van der Waals surface area (Å²) < 4.78 is 2.09. The molecule has 2 aromatic rings. The molecule has 1 spiro atoms. The molecule has 2 atom stereocenters. The number of aliphatic hydroxyl groups is 1. The van der Waals surface area contributed by atoms with Gasteiger partial charge in [0.1, 0.15) is 0 Å². The van der Waals surface area contributed by atoms with Crippen molar-refractivity contribution >= 4 is 0 Å². The molecule has 24 heavy (non-hydrogen) atoms. The van der Waals surface area contributed by atoms with Gasteiger partial charge >= 0.3 is 0 Å². The van der Waals surface area contributed by atoms with E-state index in [0.717, 1.165) is 45.4 Å². The molecule has 0 bridgehead atoms. The van der Waals surface area contributed by atoms with Gasteiger partial charge in [0.25, 0.3) is 0 Å². The highest BCUT2D eigenvalue weighted by Crippen LogP contribution is 2.49. The minimum atomic E-state index is -0.342. The van der Waals surface area contributed by atoms with Crippen LogP contribution in [0.15, 0.2) is 43.0 Å². The molecule has 4 rings (SSSR count). The van der Waals surface area contributed by atoms with Crippen LogP contribution in [0.3, 0.4) is 0 Å². The number of rotatable bonds is 5. The minimum Gasteiger partial charge on any atom is -0.390 e. The normalized spacial score (nSPS) is 25.0. The fourth-order valence-electron chi connectivity index (χ4n) is 4.47. The minimum absolute atomic E-state index is 0.0436. The molecule has 1 aliphatic heterocycles. The number of benzene rings is 1. The lowest BCUT2D eigenvalue weighted by Crippen LogP contribution is -2.48. The first-order valence-corrected chi connectivity index (χ1v) is 8.99. The number of nitrogens with one attached hydrogen (secondary N) is 2. The van der Waals surface area contributed by atoms with Crippen LogP contribution in [0.1, 0.15) is 36.4 Å². The molecule has 0 unspecified atom stereocenters. The average molecular weight is 326 g/mol. The SMILES string of the molecule is O[C@@H]1[C@@H](NCCCn2ccnc2)c2ccccc2C12CCNCC2. The van der Waals surface area contributed by atoms with Gasteiger partial charge in [-0.3, -0.25) is 0 Å². The van der Waals surface area contributed by atoms with E-state index in [4.69, 9.17) is 0 Å². The second kappa shape index (κ2) is 6.67. The van der Waals surface area contributed by atoms with Crippen molar-refractivity contribution in [2.75, 3.05) is 19.6 Å². The van der Waals surface area contributed by atoms with Gasteiger partial charge in [-0.25, -0.2) is 4.98 Å². The molecule has 1 fully saturated rings. The number of nitrogens with zero attached hydrogens (tertiary/aromatic N) is 2. The zero-order chi connectivity index (χ0) is 16.4. The lowest BCUT2D eigenvalue weighted by molar-refractivity contribution is 0.0443. The van der Waals surface area contributed by atoms with Crippen molar-refractivity contribution < 1.29 is 5.11 Å². The summed E-state index contributed by atoms with van der Waals surface area (Å²) in [6, 6.07) is 8.64. The number of imidazole rings is 1. The number of aliphatic hydroxyl groups excluding tert-OH is 1. The maximum atomic E-state index is 11.2. The summed E-state index contributed by atoms with van der Waals surface area (Å²) in [5.41, 5.74) is 2.56. The molecule has 1 aromatic carbocycles. The standard InChI is InChI=1S/C19H26N4O/c24-18-17(22-8-3-12-23-13-11-21-14-23)15-4-1-2-5-16(15)19(18)6-9-20-10-7-19/h1-2,4-5,11,13-14,17-18,20,22,24H,3,6-10,12H2/t17-,18+/m0/s1. The molecule has 5 nitrogen and oxygen atoms in total. The third-order valence-electron chi connectivity index (χ3n) is 5.73. The number of hydrogen-bond acceptors (Lipinski definition) is 4. The molecule has 0 saturated carbocycles. The van der Waals surface area contributed by atoms with Crippen LogP contribution in [-0.4, -0.2) is 40.4 Å². The maximum Gasteiger partial charge on any atom is 0.0945 e. The van der Waals surface area contributed by atoms with E-state index in [0.29, 0.717) is 0 Å². The van der Waals surface area contributed by atoms with Crippen LogP contribution in [0.5, 0.6) is 0 Å². The Bertz CT molecular complexity index is 664. The number of aryl methyl sites for hydroxylation is 1. The summed E-state index contributed by atoms with van der Waals surface area (Å²) in [4.78, 5) is 4.07. The van der Waals surface area contributed by atoms with E-state index in [1.807, 2.05) is 18.7 Å². The van der Waals surface area contributed by atoms with Crippen molar-refractivity contribution in [1.29, 1.82) is 0 Å². The van der Waals surface area contributed by atoms with Crippen LogP contribution in [-0.2, 0) is 12.0 Å². The van der Waals surface area contributed by atoms with Gasteiger partial charge in [-0.15, -0.1) is 0 Å². The highest BCUT2D eigenvalue weighted by atomic mass is 16.3. The lowest BCUT2D eigenvalue weighted by atomic mass is 9.72. The van der Waals surface area contributed by atoms with Gasteiger partial charge in [-0.05, 0) is 50.0 Å². The van der Waals surface area contributed by atoms with Gasteiger partial charge < -0.3 is 20.3 Å². The van der Waals surface area contributed by atoms with Crippen molar-refractivity contribution in [2.24, 2.45) is 0 Å². The van der Waals surface area contributed by atoms with Crippen molar-refractivity contribution in [3.63, 3.8) is 0 Å². The Kier molecular flexibility index (Phi) is 4.39. The van der Waals surface area contributed by atoms with Gasteiger partial charge in [-0.2, -0.15) is 0 Å². The zero-order valence-corrected chi connectivity index (χ0v) is 14.0. The molecule has 5 heteroatoms. The first kappa shape index (κ1) is 15.8. The molecular formula is C19H26N4O. The lowest BCUT2D eigenvalue weighted by Gasteiger charge is -2.39. The molecule has 0 amide bonds. The number of aromatic nitrogens is 2. The summed E-state index contributed by atoms with van der Waals surface area (Å²) in [6.07, 6.45) is 8.36. The Morgan fingerprint density at radius 1 is 1.29 bits per heavy atom. The van der Waals surface area contributed by atoms with E-state index >= 15 is 0 Å². The summed E-state index contributed by atoms with van der Waals surface area (Å²) in [6.45, 7) is 3.81. The molecule has 1 aromatic heterocycles. The molecule has 1 saturated heterocycles. The Balaban J connectivity index is 1.47. The van der Waals surface area contributed by atoms with E-state index in [2.05, 4.69) is 44.5 Å². The van der Waals surface area contributed by atoms with Crippen molar-refractivity contribution in [1.82, 2.24) is 20.2 Å². The zero-order valence-electron chi connectivity index (χ0n) is 14.0. The summed E-state index contributed by atoms with van der Waals surface area (Å²) >= 11 is 0. The van der Waals surface area contributed by atoms with E-state index in [-0.39, 0.29) is 17.6 Å². The molecular weight excluding hydrogens is 300 g/mol. The van der Waals surface area contributed by atoms with Crippen LogP contribution >= 0.6 is 0 Å². The third kappa shape index (κ3) is 2.66. The first-order chi connectivity index (χ1) is 11.8. The van der Waals surface area contributed by atoms with E-state index < -0.39 is 0 Å². The second-order valence-electron chi connectivity index (χ2n) is 7.02. The molecule has 1 aliphatic carbocycles. The van der Waals surface area contributed by atoms with E-state index in [1.165, 1.54) is 11.1 Å². The van der Waals surface area contributed by atoms with Crippen LogP contribution in [0.4, 0.5) is 0 Å². The quantitative estimate of drug-likeness (QED) is 0.731. The molecule has 0 radical (unpaired) electrons. The van der Waals surface area contributed by atoms with Crippen LogP contribution in [0.25, 0.3) is 0 Å². The van der Waals surface area contributed by atoms with Gasteiger partial charge in [0, 0.05) is 24.4 Å². The average Bonchev–Trinajstić information content (AvgIpc) is 3.21. The number of piperidine rings is 1. The van der Waals surface area contributed by atoms with Gasteiger partial charge in [0.05, 0.1) is 18.5 Å². The molecule has 128 valence electrons. The van der Waals surface area contributed by atoms with Crippen molar-refractivity contribution in [3.8, 4) is 0 Å². The summed E-state index contributed by atoms with van der Waals surface area (Å²) in [5.74, 6) is 0. The predicted octanol–water partition coefficient (Wildman–Crippen LogP) is 1.60. The highest BCUT2D eigenvalue weighted by Gasteiger charge is 2.51. The van der Waals surface area contributed by atoms with Gasteiger partial charge in [0.2, 0.25) is 0 Å². The second-order valence-corrected chi connectivity index (χ2v) is 7.02. The van der Waals surface area contributed by atoms with Crippen LogP contribution in [0, 0.1) is 0 Å². The fraction of sp³-hybridized carbons (Fsp3) is 0.526. The van der Waals surface area contributed by atoms with Crippen molar-refractivity contribution in [3.05, 3.63) is 54.1 Å². The molecule has 2 aliphatic rings. The van der Waals surface area contributed by atoms with Crippen LogP contribution in [0.2, 0.25) is 0 Å². The monoisotopic (exact) mass is 326 g/mol. The summed E-state index contributed by atoms with van der Waals surface area (Å²) in [7, 11) is 0. The first-order valence-electron chi connectivity index (χ1n) is 8.99. The molecule has 3 N–H and O–H groups in total. The third-order valence-corrected chi connectivity index (χ3v) is 5.73. The number of hydrogen-bond donors (Lipinski definition) is 3. The Labute approximate surface area is 143 Å². The summed E-state index contributed by atoms with van der Waals surface area (Å²) in [5, 5.41) is 18.2. The Morgan fingerprint density at radius 3 is 2.92 bits per heavy atom. The largest absolute Gasteiger partial charge is 0.390 e. The maximum absolute atomic E-state index is 11.2. The van der Waals surface area contributed by atoms with E-state index in [1.54, 1.807) is 0 Å². The van der Waals surface area contributed by atoms with E-state index in [9.17, 15) is 5.11 Å². The Morgan fingerprint density at radius 2 is 2.12 bits per heavy atom. The van der Waals surface area contributed by atoms with Crippen molar-refractivity contribution in [2.45, 2.75) is 43.4 Å². The van der Waals surface area contributed by atoms with Gasteiger partial charge in [-0.1, -0.05) is 24.3 Å². The van der Waals surface area contributed by atoms with Gasteiger partial charge in [0.15, 0.2) is 0 Å². The topological polar surface area (TPSA) is 62.1 Å². The fourth-order valence-corrected chi connectivity index (χ4v) is 4.47. The Hall–Kier alpha value is -1.69. The van der Waals surface area contributed by atoms with Crippen LogP contribution < -0.4 is 10.6 Å². The molecule has 2 heterocycles.